The number of hydrogen-bond acceptors (Lipinski definition) is 3. The van der Waals surface area contributed by atoms with E-state index < -0.39 is 0 Å². The number of aromatic nitrogens is 1. The van der Waals surface area contributed by atoms with Gasteiger partial charge in [-0.1, -0.05) is 17.7 Å². The first kappa shape index (κ1) is 9.65. The molecule has 2 rings (SSSR count). The fourth-order valence-corrected chi connectivity index (χ4v) is 2.06. The maximum atomic E-state index is 5.97. The summed E-state index contributed by atoms with van der Waals surface area (Å²) in [5, 5.41) is 0.723. The van der Waals surface area contributed by atoms with E-state index in [1.807, 2.05) is 29.9 Å². The van der Waals surface area contributed by atoms with Gasteiger partial charge in [-0.05, 0) is 23.3 Å². The molecule has 0 fully saturated rings. The molecular weight excluding hydrogens is 216 g/mol. The lowest BCUT2D eigenvalue weighted by atomic mass is 10.1. The van der Waals surface area contributed by atoms with Gasteiger partial charge < -0.3 is 5.73 Å². The number of thiazole rings is 1. The van der Waals surface area contributed by atoms with Crippen molar-refractivity contribution in [1.29, 1.82) is 0 Å². The fourth-order valence-electron chi connectivity index (χ4n) is 1.24. The van der Waals surface area contributed by atoms with E-state index in [0.29, 0.717) is 6.54 Å². The summed E-state index contributed by atoms with van der Waals surface area (Å²) in [5.74, 6) is 0. The van der Waals surface area contributed by atoms with Crippen LogP contribution in [0.25, 0.3) is 10.4 Å². The van der Waals surface area contributed by atoms with E-state index in [0.717, 1.165) is 21.0 Å². The van der Waals surface area contributed by atoms with Crippen LogP contribution in [0.2, 0.25) is 5.02 Å². The summed E-state index contributed by atoms with van der Waals surface area (Å²) in [4.78, 5) is 5.17. The molecule has 0 radical (unpaired) electrons. The number of nitrogens with two attached hydrogens (primary N) is 1. The quantitative estimate of drug-likeness (QED) is 0.852. The fraction of sp³-hybridized carbons (Fsp3) is 0.100. The van der Waals surface area contributed by atoms with Crippen molar-refractivity contribution in [2.75, 3.05) is 0 Å². The first-order valence-corrected chi connectivity index (χ1v) is 5.44. The SMILES string of the molecule is NCc1cc(-c2cncs2)ccc1Cl. The number of nitrogens with zero attached hydrogens (tertiary/aromatic N) is 1. The van der Waals surface area contributed by atoms with E-state index in [4.69, 9.17) is 17.3 Å². The molecule has 14 heavy (non-hydrogen) atoms. The van der Waals surface area contributed by atoms with Gasteiger partial charge in [0, 0.05) is 17.8 Å². The molecule has 0 aliphatic rings. The van der Waals surface area contributed by atoms with Crippen molar-refractivity contribution in [1.82, 2.24) is 4.98 Å². The first-order chi connectivity index (χ1) is 6.81. The summed E-state index contributed by atoms with van der Waals surface area (Å²) < 4.78 is 0. The Morgan fingerprint density at radius 1 is 1.43 bits per heavy atom. The molecule has 0 saturated heterocycles. The minimum atomic E-state index is 0.464. The Morgan fingerprint density at radius 2 is 2.29 bits per heavy atom. The van der Waals surface area contributed by atoms with Crippen LogP contribution in [0.1, 0.15) is 5.56 Å². The van der Waals surface area contributed by atoms with Crippen LogP contribution in [0.15, 0.2) is 29.9 Å². The monoisotopic (exact) mass is 224 g/mol. The van der Waals surface area contributed by atoms with Crippen LogP contribution < -0.4 is 5.73 Å². The highest BCUT2D eigenvalue weighted by molar-refractivity contribution is 7.13. The van der Waals surface area contributed by atoms with Gasteiger partial charge in [0.05, 0.1) is 10.4 Å². The molecule has 4 heteroatoms. The largest absolute Gasteiger partial charge is 0.326 e. The summed E-state index contributed by atoms with van der Waals surface area (Å²) >= 11 is 7.57. The molecule has 72 valence electrons. The van der Waals surface area contributed by atoms with E-state index in [1.165, 1.54) is 0 Å². The smallest absolute Gasteiger partial charge is 0.0797 e. The van der Waals surface area contributed by atoms with Crippen molar-refractivity contribution in [2.45, 2.75) is 6.54 Å². The third-order valence-electron chi connectivity index (χ3n) is 1.98. The second-order valence-electron chi connectivity index (χ2n) is 2.88. The zero-order valence-corrected chi connectivity index (χ0v) is 8.98. The molecule has 0 saturated carbocycles. The predicted molar refractivity (Wildman–Crippen MR) is 60.5 cm³/mol. The normalized spacial score (nSPS) is 10.4. The summed E-state index contributed by atoms with van der Waals surface area (Å²) in [6, 6.07) is 5.86. The van der Waals surface area contributed by atoms with Crippen molar-refractivity contribution in [3.8, 4) is 10.4 Å². The van der Waals surface area contributed by atoms with Crippen molar-refractivity contribution < 1.29 is 0 Å². The number of hydrogen-bond donors (Lipinski definition) is 1. The Kier molecular flexibility index (Phi) is 2.82. The van der Waals surface area contributed by atoms with Crippen molar-refractivity contribution in [2.24, 2.45) is 5.73 Å². The van der Waals surface area contributed by atoms with E-state index in [1.54, 1.807) is 11.3 Å². The first-order valence-electron chi connectivity index (χ1n) is 4.18. The van der Waals surface area contributed by atoms with Gasteiger partial charge in [0.25, 0.3) is 0 Å². The Labute approximate surface area is 91.4 Å². The molecule has 0 unspecified atom stereocenters. The average Bonchev–Trinajstić information content (AvgIpc) is 2.71. The van der Waals surface area contributed by atoms with Gasteiger partial charge in [0.1, 0.15) is 0 Å². The number of rotatable bonds is 2. The minimum Gasteiger partial charge on any atom is -0.326 e. The standard InChI is InChI=1S/C10H9ClN2S/c11-9-2-1-7(3-8(9)4-12)10-5-13-6-14-10/h1-3,5-6H,4,12H2. The maximum Gasteiger partial charge on any atom is 0.0797 e. The van der Waals surface area contributed by atoms with E-state index in [2.05, 4.69) is 4.98 Å². The van der Waals surface area contributed by atoms with Crippen LogP contribution in [0.3, 0.4) is 0 Å². The summed E-state index contributed by atoms with van der Waals surface area (Å²) in [7, 11) is 0. The number of benzene rings is 1. The van der Waals surface area contributed by atoms with Gasteiger partial charge >= 0.3 is 0 Å². The van der Waals surface area contributed by atoms with Crippen LogP contribution in [0.5, 0.6) is 0 Å². The molecule has 1 aromatic heterocycles. The topological polar surface area (TPSA) is 38.9 Å². The maximum absolute atomic E-state index is 5.97. The van der Waals surface area contributed by atoms with Gasteiger partial charge in [-0.25, -0.2) is 0 Å². The van der Waals surface area contributed by atoms with Crippen molar-refractivity contribution in [3.63, 3.8) is 0 Å². The molecule has 0 aliphatic carbocycles. The van der Waals surface area contributed by atoms with Crippen molar-refractivity contribution >= 4 is 22.9 Å². The Morgan fingerprint density at radius 3 is 2.93 bits per heavy atom. The molecule has 0 spiro atoms. The molecule has 2 nitrogen and oxygen atoms in total. The summed E-state index contributed by atoms with van der Waals surface area (Å²) in [6.45, 7) is 0.464. The summed E-state index contributed by atoms with van der Waals surface area (Å²) in [6.07, 6.45) is 1.84. The van der Waals surface area contributed by atoms with Crippen LogP contribution in [0, 0.1) is 0 Å². The lowest BCUT2D eigenvalue weighted by molar-refractivity contribution is 1.07. The molecule has 0 atom stereocenters. The third kappa shape index (κ3) is 1.80. The highest BCUT2D eigenvalue weighted by atomic mass is 35.5. The van der Waals surface area contributed by atoms with Crippen LogP contribution in [-0.2, 0) is 6.54 Å². The van der Waals surface area contributed by atoms with Crippen molar-refractivity contribution in [3.05, 3.63) is 40.5 Å². The number of halogens is 1. The molecule has 0 amide bonds. The lowest BCUT2D eigenvalue weighted by Gasteiger charge is -2.03. The van der Waals surface area contributed by atoms with E-state index in [9.17, 15) is 0 Å². The highest BCUT2D eigenvalue weighted by Gasteiger charge is 2.03. The zero-order chi connectivity index (χ0) is 9.97. The van der Waals surface area contributed by atoms with Crippen LogP contribution in [0.4, 0.5) is 0 Å². The molecule has 0 aliphatic heterocycles. The summed E-state index contributed by atoms with van der Waals surface area (Å²) in [5.41, 5.74) is 9.48. The molecule has 2 N–H and O–H groups in total. The van der Waals surface area contributed by atoms with Gasteiger partial charge in [-0.15, -0.1) is 11.3 Å². The van der Waals surface area contributed by atoms with Gasteiger partial charge in [-0.2, -0.15) is 0 Å². The van der Waals surface area contributed by atoms with Crippen LogP contribution in [-0.4, -0.2) is 4.98 Å². The molecule has 1 aromatic carbocycles. The van der Waals surface area contributed by atoms with Gasteiger partial charge in [0.2, 0.25) is 0 Å². The highest BCUT2D eigenvalue weighted by Crippen LogP contribution is 2.27. The average molecular weight is 225 g/mol. The molecular formula is C10H9ClN2S. The predicted octanol–water partition coefficient (Wildman–Crippen LogP) is 2.92. The minimum absolute atomic E-state index is 0.464. The molecule has 1 heterocycles. The zero-order valence-electron chi connectivity index (χ0n) is 7.40. The van der Waals surface area contributed by atoms with E-state index >= 15 is 0 Å². The Bertz CT molecular complexity index is 426. The molecule has 2 aromatic rings. The lowest BCUT2D eigenvalue weighted by Crippen LogP contribution is -1.97. The van der Waals surface area contributed by atoms with Crippen LogP contribution >= 0.6 is 22.9 Å². The van der Waals surface area contributed by atoms with Gasteiger partial charge in [0.15, 0.2) is 0 Å². The van der Waals surface area contributed by atoms with E-state index in [-0.39, 0.29) is 0 Å². The second-order valence-corrected chi connectivity index (χ2v) is 4.17. The second kappa shape index (κ2) is 4.09. The molecule has 0 bridgehead atoms. The third-order valence-corrected chi connectivity index (χ3v) is 3.17. The van der Waals surface area contributed by atoms with Gasteiger partial charge in [-0.3, -0.25) is 4.98 Å². The Balaban J connectivity index is 2.46. The Hall–Kier alpha value is -0.900.